The molecule has 0 saturated heterocycles. The van der Waals surface area contributed by atoms with Crippen LogP contribution >= 0.6 is 11.3 Å². The summed E-state index contributed by atoms with van der Waals surface area (Å²) >= 11 is 1.70. The minimum atomic E-state index is 0.271. The number of thiophene rings is 1. The van der Waals surface area contributed by atoms with Gasteiger partial charge in [-0.2, -0.15) is 11.3 Å². The molecule has 0 aliphatic rings. The first-order valence-corrected chi connectivity index (χ1v) is 6.02. The smallest absolute Gasteiger partial charge is 0.137 e. The molecule has 1 unspecified atom stereocenters. The van der Waals surface area contributed by atoms with E-state index in [1.54, 1.807) is 24.6 Å². The maximum absolute atomic E-state index is 5.06. The molecule has 0 radical (unpaired) electrons. The molecule has 16 heavy (non-hydrogen) atoms. The summed E-state index contributed by atoms with van der Waals surface area (Å²) in [5.41, 5.74) is 1.28. The lowest BCUT2D eigenvalue weighted by atomic mass is 10.2. The molecule has 0 fully saturated rings. The number of methoxy groups -OCH3 is 1. The van der Waals surface area contributed by atoms with Crippen molar-refractivity contribution < 1.29 is 4.74 Å². The minimum Gasteiger partial charge on any atom is -0.495 e. The standard InChI is InChI=1S/C12H14N2OS/c1-9(10-5-6-16-8-10)14-12-4-3-11(15-2)7-13-12/h3-9H,1-2H3,(H,13,14). The van der Waals surface area contributed by atoms with Gasteiger partial charge in [-0.15, -0.1) is 0 Å². The van der Waals surface area contributed by atoms with Gasteiger partial charge < -0.3 is 10.1 Å². The van der Waals surface area contributed by atoms with Gasteiger partial charge in [0.15, 0.2) is 0 Å². The maximum Gasteiger partial charge on any atom is 0.137 e. The molecular weight excluding hydrogens is 220 g/mol. The Bertz CT molecular complexity index is 425. The second kappa shape index (κ2) is 4.99. The Labute approximate surface area is 99.1 Å². The zero-order chi connectivity index (χ0) is 11.4. The van der Waals surface area contributed by atoms with E-state index in [-0.39, 0.29) is 6.04 Å². The number of aromatic nitrogens is 1. The topological polar surface area (TPSA) is 34.1 Å². The molecule has 2 aromatic rings. The second-order valence-electron chi connectivity index (χ2n) is 3.51. The molecule has 3 nitrogen and oxygen atoms in total. The monoisotopic (exact) mass is 234 g/mol. The lowest BCUT2D eigenvalue weighted by Gasteiger charge is -2.13. The van der Waals surface area contributed by atoms with Crippen molar-refractivity contribution in [3.63, 3.8) is 0 Å². The van der Waals surface area contributed by atoms with E-state index in [0.717, 1.165) is 11.6 Å². The molecule has 2 aromatic heterocycles. The largest absolute Gasteiger partial charge is 0.495 e. The molecule has 0 amide bonds. The number of nitrogens with one attached hydrogen (secondary N) is 1. The molecular formula is C12H14N2OS. The van der Waals surface area contributed by atoms with Crippen LogP contribution in [0.3, 0.4) is 0 Å². The lowest BCUT2D eigenvalue weighted by Crippen LogP contribution is -2.06. The molecule has 0 bridgehead atoms. The number of anilines is 1. The molecule has 2 rings (SSSR count). The van der Waals surface area contributed by atoms with Crippen LogP contribution < -0.4 is 10.1 Å². The maximum atomic E-state index is 5.06. The molecule has 1 atom stereocenters. The molecule has 1 N–H and O–H groups in total. The Hall–Kier alpha value is -1.55. The van der Waals surface area contributed by atoms with Crippen molar-refractivity contribution in [2.75, 3.05) is 12.4 Å². The molecule has 0 spiro atoms. The van der Waals surface area contributed by atoms with Crippen molar-refractivity contribution in [2.24, 2.45) is 0 Å². The highest BCUT2D eigenvalue weighted by atomic mass is 32.1. The van der Waals surface area contributed by atoms with Crippen LogP contribution in [-0.4, -0.2) is 12.1 Å². The fourth-order valence-corrected chi connectivity index (χ4v) is 2.17. The fraction of sp³-hybridized carbons (Fsp3) is 0.250. The van der Waals surface area contributed by atoms with E-state index < -0.39 is 0 Å². The van der Waals surface area contributed by atoms with Crippen LogP contribution in [0.25, 0.3) is 0 Å². The Kier molecular flexibility index (Phi) is 3.41. The van der Waals surface area contributed by atoms with Gasteiger partial charge in [-0.25, -0.2) is 4.98 Å². The highest BCUT2D eigenvalue weighted by Gasteiger charge is 2.05. The van der Waals surface area contributed by atoms with Crippen LogP contribution in [-0.2, 0) is 0 Å². The zero-order valence-electron chi connectivity index (χ0n) is 9.31. The van der Waals surface area contributed by atoms with Gasteiger partial charge >= 0.3 is 0 Å². The average molecular weight is 234 g/mol. The van der Waals surface area contributed by atoms with Gasteiger partial charge in [0.2, 0.25) is 0 Å². The van der Waals surface area contributed by atoms with Crippen molar-refractivity contribution in [3.8, 4) is 5.75 Å². The normalized spacial score (nSPS) is 12.1. The van der Waals surface area contributed by atoms with Crippen LogP contribution in [0.5, 0.6) is 5.75 Å². The third-order valence-electron chi connectivity index (χ3n) is 2.38. The van der Waals surface area contributed by atoms with Crippen molar-refractivity contribution in [2.45, 2.75) is 13.0 Å². The molecule has 0 aliphatic carbocycles. The van der Waals surface area contributed by atoms with Gasteiger partial charge in [-0.1, -0.05) is 0 Å². The Balaban J connectivity index is 2.03. The highest BCUT2D eigenvalue weighted by Crippen LogP contribution is 2.20. The third-order valence-corrected chi connectivity index (χ3v) is 3.08. The number of hydrogen-bond acceptors (Lipinski definition) is 4. The summed E-state index contributed by atoms with van der Waals surface area (Å²) in [6.45, 7) is 2.12. The van der Waals surface area contributed by atoms with E-state index in [2.05, 4.69) is 34.1 Å². The molecule has 4 heteroatoms. The summed E-state index contributed by atoms with van der Waals surface area (Å²) in [6.07, 6.45) is 1.71. The molecule has 84 valence electrons. The van der Waals surface area contributed by atoms with Gasteiger partial charge in [0.05, 0.1) is 19.3 Å². The summed E-state index contributed by atoms with van der Waals surface area (Å²) < 4.78 is 5.06. The predicted molar refractivity (Wildman–Crippen MR) is 67.1 cm³/mol. The van der Waals surface area contributed by atoms with Crippen LogP contribution in [0, 0.1) is 0 Å². The van der Waals surface area contributed by atoms with Crippen LogP contribution in [0.15, 0.2) is 35.2 Å². The first-order valence-electron chi connectivity index (χ1n) is 5.08. The van der Waals surface area contributed by atoms with Gasteiger partial charge in [0, 0.05) is 0 Å². The van der Waals surface area contributed by atoms with E-state index in [0.29, 0.717) is 0 Å². The second-order valence-corrected chi connectivity index (χ2v) is 4.29. The van der Waals surface area contributed by atoms with E-state index >= 15 is 0 Å². The predicted octanol–water partition coefficient (Wildman–Crippen LogP) is 3.32. The summed E-state index contributed by atoms with van der Waals surface area (Å²) in [5, 5.41) is 7.55. The Morgan fingerprint density at radius 3 is 2.81 bits per heavy atom. The summed E-state index contributed by atoms with van der Waals surface area (Å²) in [6, 6.07) is 6.20. The zero-order valence-corrected chi connectivity index (χ0v) is 10.1. The average Bonchev–Trinajstić information content (AvgIpc) is 2.83. The Morgan fingerprint density at radius 1 is 1.38 bits per heavy atom. The molecule has 0 saturated carbocycles. The summed E-state index contributed by atoms with van der Waals surface area (Å²) in [4.78, 5) is 4.27. The molecule has 0 aliphatic heterocycles. The first kappa shape index (κ1) is 11.0. The van der Waals surface area contributed by atoms with Crippen molar-refractivity contribution in [1.29, 1.82) is 0 Å². The van der Waals surface area contributed by atoms with Crippen molar-refractivity contribution in [3.05, 3.63) is 40.7 Å². The van der Waals surface area contributed by atoms with E-state index in [1.165, 1.54) is 5.56 Å². The van der Waals surface area contributed by atoms with Crippen LogP contribution in [0.2, 0.25) is 0 Å². The van der Waals surface area contributed by atoms with E-state index in [9.17, 15) is 0 Å². The number of pyridine rings is 1. The fourth-order valence-electron chi connectivity index (χ4n) is 1.41. The third kappa shape index (κ3) is 2.52. The lowest BCUT2D eigenvalue weighted by molar-refractivity contribution is 0.413. The summed E-state index contributed by atoms with van der Waals surface area (Å²) in [7, 11) is 1.64. The van der Waals surface area contributed by atoms with Crippen molar-refractivity contribution in [1.82, 2.24) is 4.98 Å². The summed E-state index contributed by atoms with van der Waals surface area (Å²) in [5.74, 6) is 1.63. The van der Waals surface area contributed by atoms with Crippen LogP contribution in [0.4, 0.5) is 5.82 Å². The number of nitrogens with zero attached hydrogens (tertiary/aromatic N) is 1. The van der Waals surface area contributed by atoms with E-state index in [4.69, 9.17) is 4.74 Å². The molecule has 2 heterocycles. The Morgan fingerprint density at radius 2 is 2.25 bits per heavy atom. The molecule has 0 aromatic carbocycles. The number of rotatable bonds is 4. The van der Waals surface area contributed by atoms with Crippen molar-refractivity contribution >= 4 is 17.2 Å². The quantitative estimate of drug-likeness (QED) is 0.881. The van der Waals surface area contributed by atoms with Gasteiger partial charge in [-0.3, -0.25) is 0 Å². The van der Waals surface area contributed by atoms with Gasteiger partial charge in [-0.05, 0) is 41.4 Å². The number of hydrogen-bond donors (Lipinski definition) is 1. The SMILES string of the molecule is COc1ccc(NC(C)c2ccsc2)nc1. The minimum absolute atomic E-state index is 0.271. The first-order chi connectivity index (χ1) is 7.79. The van der Waals surface area contributed by atoms with Gasteiger partial charge in [0.25, 0.3) is 0 Å². The van der Waals surface area contributed by atoms with E-state index in [1.807, 2.05) is 12.1 Å². The van der Waals surface area contributed by atoms with Crippen LogP contribution in [0.1, 0.15) is 18.5 Å². The van der Waals surface area contributed by atoms with Gasteiger partial charge in [0.1, 0.15) is 11.6 Å². The highest BCUT2D eigenvalue weighted by molar-refractivity contribution is 7.07. The number of ether oxygens (including phenoxy) is 1.